The lowest BCUT2D eigenvalue weighted by Crippen LogP contribution is -2.35. The molecule has 22 heavy (non-hydrogen) atoms. The van der Waals surface area contributed by atoms with E-state index in [1.807, 2.05) is 42.1 Å². The average molecular weight is 301 g/mol. The maximum Gasteiger partial charge on any atom is 0.231 e. The van der Waals surface area contributed by atoms with E-state index in [0.29, 0.717) is 19.4 Å². The van der Waals surface area contributed by atoms with Gasteiger partial charge in [0.05, 0.1) is 6.54 Å². The number of carbonyl (C=O) groups excluding carboxylic acids is 1. The Hall–Kier alpha value is -2.50. The Bertz CT molecular complexity index is 640. The Labute approximate surface area is 129 Å². The van der Waals surface area contributed by atoms with Crippen LogP contribution in [0.3, 0.4) is 0 Å². The highest BCUT2D eigenvalue weighted by Crippen LogP contribution is 2.32. The number of carbonyl (C=O) groups is 1. The number of hydrogen-bond acceptors (Lipinski definition) is 4. The van der Waals surface area contributed by atoms with Crippen LogP contribution >= 0.6 is 0 Å². The maximum absolute atomic E-state index is 12.0. The molecule has 6 heteroatoms. The number of amides is 1. The number of ether oxygens (including phenoxy) is 2. The fraction of sp³-hybridized carbons (Fsp3) is 0.375. The molecule has 1 aromatic heterocycles. The van der Waals surface area contributed by atoms with Crippen molar-refractivity contribution in [1.82, 2.24) is 15.1 Å². The van der Waals surface area contributed by atoms with Gasteiger partial charge in [-0.1, -0.05) is 6.07 Å². The molecule has 1 aliphatic rings. The molecule has 1 aliphatic heterocycles. The van der Waals surface area contributed by atoms with Crippen LogP contribution in [0.25, 0.3) is 0 Å². The number of rotatable bonds is 6. The number of fused-ring (bicyclic) bond motifs is 1. The van der Waals surface area contributed by atoms with Crippen molar-refractivity contribution in [2.45, 2.75) is 32.4 Å². The lowest BCUT2D eigenvalue weighted by atomic mass is 10.1. The first-order valence-electron chi connectivity index (χ1n) is 7.36. The van der Waals surface area contributed by atoms with Crippen molar-refractivity contribution in [3.05, 3.63) is 42.2 Å². The standard InChI is InChI=1S/C16H19N3O3/c1-12(10-19-8-2-7-17-19)18-16(20)6-4-13-3-5-14-15(9-13)22-11-21-14/h2-3,5,7-9,12H,4,6,10-11H2,1H3,(H,18,20). The summed E-state index contributed by atoms with van der Waals surface area (Å²) in [6, 6.07) is 7.70. The van der Waals surface area contributed by atoms with E-state index in [-0.39, 0.29) is 18.7 Å². The van der Waals surface area contributed by atoms with Gasteiger partial charge in [-0.3, -0.25) is 9.48 Å². The van der Waals surface area contributed by atoms with Crippen LogP contribution in [0.15, 0.2) is 36.7 Å². The molecule has 0 radical (unpaired) electrons. The summed E-state index contributed by atoms with van der Waals surface area (Å²) in [6.07, 6.45) is 4.74. The number of benzene rings is 1. The topological polar surface area (TPSA) is 65.4 Å². The zero-order valence-electron chi connectivity index (χ0n) is 12.5. The van der Waals surface area contributed by atoms with E-state index in [1.165, 1.54) is 0 Å². The zero-order valence-corrected chi connectivity index (χ0v) is 12.5. The largest absolute Gasteiger partial charge is 0.454 e. The number of nitrogens with zero attached hydrogens (tertiary/aromatic N) is 2. The Morgan fingerprint density at radius 1 is 1.41 bits per heavy atom. The van der Waals surface area contributed by atoms with Crippen LogP contribution in [-0.2, 0) is 17.8 Å². The molecule has 1 unspecified atom stereocenters. The van der Waals surface area contributed by atoms with Gasteiger partial charge in [-0.05, 0) is 37.1 Å². The number of aromatic nitrogens is 2. The summed E-state index contributed by atoms with van der Waals surface area (Å²) in [6.45, 7) is 2.91. The van der Waals surface area contributed by atoms with Gasteiger partial charge >= 0.3 is 0 Å². The van der Waals surface area contributed by atoms with E-state index in [4.69, 9.17) is 9.47 Å². The van der Waals surface area contributed by atoms with Crippen LogP contribution < -0.4 is 14.8 Å². The fourth-order valence-corrected chi connectivity index (χ4v) is 2.44. The van der Waals surface area contributed by atoms with E-state index >= 15 is 0 Å². The summed E-state index contributed by atoms with van der Waals surface area (Å²) >= 11 is 0. The Kier molecular flexibility index (Phi) is 4.27. The van der Waals surface area contributed by atoms with Crippen molar-refractivity contribution >= 4 is 5.91 Å². The van der Waals surface area contributed by atoms with E-state index in [9.17, 15) is 4.79 Å². The first kappa shape index (κ1) is 14.4. The molecule has 116 valence electrons. The second-order valence-electron chi connectivity index (χ2n) is 5.38. The highest BCUT2D eigenvalue weighted by atomic mass is 16.7. The molecule has 2 aromatic rings. The van der Waals surface area contributed by atoms with E-state index < -0.39 is 0 Å². The van der Waals surface area contributed by atoms with Crippen LogP contribution in [0.1, 0.15) is 18.9 Å². The van der Waals surface area contributed by atoms with Crippen molar-refractivity contribution in [3.8, 4) is 11.5 Å². The summed E-state index contributed by atoms with van der Waals surface area (Å²) in [7, 11) is 0. The van der Waals surface area contributed by atoms with Gasteiger partial charge in [0.15, 0.2) is 11.5 Å². The van der Waals surface area contributed by atoms with Crippen molar-refractivity contribution in [2.75, 3.05) is 6.79 Å². The third kappa shape index (κ3) is 3.58. The first-order chi connectivity index (χ1) is 10.7. The lowest BCUT2D eigenvalue weighted by molar-refractivity contribution is -0.121. The Balaban J connectivity index is 1.46. The number of nitrogens with one attached hydrogen (secondary N) is 1. The second kappa shape index (κ2) is 6.51. The van der Waals surface area contributed by atoms with Crippen LogP contribution in [0.2, 0.25) is 0 Å². The van der Waals surface area contributed by atoms with Gasteiger partial charge in [-0.2, -0.15) is 5.10 Å². The molecule has 0 saturated carbocycles. The molecule has 0 aliphatic carbocycles. The SMILES string of the molecule is CC(Cn1cccn1)NC(=O)CCc1ccc2c(c1)OCO2. The third-order valence-corrected chi connectivity index (χ3v) is 3.51. The summed E-state index contributed by atoms with van der Waals surface area (Å²) < 4.78 is 12.4. The quantitative estimate of drug-likeness (QED) is 0.883. The second-order valence-corrected chi connectivity index (χ2v) is 5.38. The molecule has 0 saturated heterocycles. The van der Waals surface area contributed by atoms with Gasteiger partial charge in [0.1, 0.15) is 0 Å². The maximum atomic E-state index is 12.0. The van der Waals surface area contributed by atoms with Gasteiger partial charge in [0.2, 0.25) is 12.7 Å². The van der Waals surface area contributed by atoms with E-state index in [1.54, 1.807) is 6.20 Å². The van der Waals surface area contributed by atoms with Crippen LogP contribution in [-0.4, -0.2) is 28.5 Å². The normalized spacial score (nSPS) is 13.9. The summed E-state index contributed by atoms with van der Waals surface area (Å²) in [4.78, 5) is 12.0. The minimum absolute atomic E-state index is 0.0392. The van der Waals surface area contributed by atoms with Crippen LogP contribution in [0.4, 0.5) is 0 Å². The first-order valence-corrected chi connectivity index (χ1v) is 7.36. The molecule has 3 rings (SSSR count). The summed E-state index contributed by atoms with van der Waals surface area (Å²) in [5, 5.41) is 7.11. The minimum atomic E-state index is 0.0392. The van der Waals surface area contributed by atoms with Crippen molar-refractivity contribution in [2.24, 2.45) is 0 Å². The highest BCUT2D eigenvalue weighted by Gasteiger charge is 2.14. The molecular weight excluding hydrogens is 282 g/mol. The van der Waals surface area contributed by atoms with Crippen LogP contribution in [0, 0.1) is 0 Å². The van der Waals surface area contributed by atoms with Crippen LogP contribution in [0.5, 0.6) is 11.5 Å². The van der Waals surface area contributed by atoms with Crippen molar-refractivity contribution in [3.63, 3.8) is 0 Å². The molecule has 0 fully saturated rings. The number of aryl methyl sites for hydroxylation is 1. The molecule has 0 spiro atoms. The smallest absolute Gasteiger partial charge is 0.231 e. The molecule has 1 aromatic carbocycles. The Morgan fingerprint density at radius 3 is 3.09 bits per heavy atom. The van der Waals surface area contributed by atoms with E-state index in [2.05, 4.69) is 10.4 Å². The highest BCUT2D eigenvalue weighted by molar-refractivity contribution is 5.76. The predicted molar refractivity (Wildman–Crippen MR) is 80.7 cm³/mol. The molecule has 6 nitrogen and oxygen atoms in total. The molecular formula is C16H19N3O3. The zero-order chi connectivity index (χ0) is 15.4. The molecule has 1 amide bonds. The summed E-state index contributed by atoms with van der Waals surface area (Å²) in [5.74, 6) is 1.56. The van der Waals surface area contributed by atoms with Crippen molar-refractivity contribution in [1.29, 1.82) is 0 Å². The molecule has 0 bridgehead atoms. The van der Waals surface area contributed by atoms with Crippen molar-refractivity contribution < 1.29 is 14.3 Å². The van der Waals surface area contributed by atoms with Gasteiger partial charge in [-0.25, -0.2) is 0 Å². The molecule has 1 atom stereocenters. The molecule has 2 heterocycles. The fourth-order valence-electron chi connectivity index (χ4n) is 2.44. The predicted octanol–water partition coefficient (Wildman–Crippen LogP) is 1.75. The van der Waals surface area contributed by atoms with E-state index in [0.717, 1.165) is 17.1 Å². The lowest BCUT2D eigenvalue weighted by Gasteiger charge is -2.14. The van der Waals surface area contributed by atoms with Gasteiger partial charge in [0.25, 0.3) is 0 Å². The summed E-state index contributed by atoms with van der Waals surface area (Å²) in [5.41, 5.74) is 1.07. The molecule has 1 N–H and O–H groups in total. The van der Waals surface area contributed by atoms with Gasteiger partial charge in [-0.15, -0.1) is 0 Å². The Morgan fingerprint density at radius 2 is 2.27 bits per heavy atom. The average Bonchev–Trinajstić information content (AvgIpc) is 3.15. The monoisotopic (exact) mass is 301 g/mol. The van der Waals surface area contributed by atoms with Gasteiger partial charge < -0.3 is 14.8 Å². The number of hydrogen-bond donors (Lipinski definition) is 1. The van der Waals surface area contributed by atoms with Gasteiger partial charge in [0, 0.05) is 24.9 Å². The minimum Gasteiger partial charge on any atom is -0.454 e. The third-order valence-electron chi connectivity index (χ3n) is 3.51.